The maximum Gasteiger partial charge on any atom is 0.271 e. The van der Waals surface area contributed by atoms with Crippen LogP contribution in [0.5, 0.6) is 0 Å². The van der Waals surface area contributed by atoms with Crippen molar-refractivity contribution in [2.24, 2.45) is 11.7 Å². The smallest absolute Gasteiger partial charge is 0.271 e. The third kappa shape index (κ3) is 4.90. The normalized spacial score (nSPS) is 13.9. The summed E-state index contributed by atoms with van der Waals surface area (Å²) in [5.74, 6) is -0.0569. The Labute approximate surface area is 123 Å². The van der Waals surface area contributed by atoms with Gasteiger partial charge in [-0.15, -0.1) is 11.3 Å². The summed E-state index contributed by atoms with van der Waals surface area (Å²) in [7, 11) is 0. The van der Waals surface area contributed by atoms with Gasteiger partial charge in [0.2, 0.25) is 5.91 Å². The Morgan fingerprint density at radius 2 is 2.15 bits per heavy atom. The van der Waals surface area contributed by atoms with Crippen LogP contribution in [0.4, 0.5) is 5.13 Å². The SMILES string of the molecule is CC(=O)Nc1nc(C(=O)NC(C)(CN)CC(C)C)cs1. The van der Waals surface area contributed by atoms with Gasteiger partial charge in [0.05, 0.1) is 5.54 Å². The molecule has 0 bridgehead atoms. The number of hydrogen-bond donors (Lipinski definition) is 3. The van der Waals surface area contributed by atoms with Crippen molar-refractivity contribution in [2.45, 2.75) is 39.7 Å². The summed E-state index contributed by atoms with van der Waals surface area (Å²) in [6.07, 6.45) is 0.790. The van der Waals surface area contributed by atoms with E-state index in [0.717, 1.165) is 6.42 Å². The molecule has 1 atom stereocenters. The second-order valence-electron chi connectivity index (χ2n) is 5.54. The Morgan fingerprint density at radius 3 is 2.65 bits per heavy atom. The van der Waals surface area contributed by atoms with Gasteiger partial charge >= 0.3 is 0 Å². The summed E-state index contributed by atoms with van der Waals surface area (Å²) in [6.45, 7) is 7.84. The standard InChI is InChI=1S/C13H22N4O2S/c1-8(2)5-13(4,7-14)17-11(19)10-6-20-12(16-10)15-9(3)18/h6,8H,5,7,14H2,1-4H3,(H,17,19)(H,15,16,18). The fourth-order valence-corrected chi connectivity index (χ4v) is 2.75. The first-order valence-electron chi connectivity index (χ1n) is 6.51. The monoisotopic (exact) mass is 298 g/mol. The molecule has 0 fully saturated rings. The molecule has 20 heavy (non-hydrogen) atoms. The van der Waals surface area contributed by atoms with E-state index in [-0.39, 0.29) is 11.8 Å². The predicted octanol–water partition coefficient (Wildman–Crippen LogP) is 1.59. The number of rotatable bonds is 6. The Kier molecular flexibility index (Phi) is 5.64. The van der Waals surface area contributed by atoms with Gasteiger partial charge in [-0.05, 0) is 19.3 Å². The number of nitrogens with two attached hydrogens (primary N) is 1. The molecule has 0 aromatic carbocycles. The van der Waals surface area contributed by atoms with E-state index in [9.17, 15) is 9.59 Å². The lowest BCUT2D eigenvalue weighted by molar-refractivity contribution is -0.114. The Balaban J connectivity index is 2.74. The number of aromatic nitrogens is 1. The average molecular weight is 298 g/mol. The minimum Gasteiger partial charge on any atom is -0.344 e. The summed E-state index contributed by atoms with van der Waals surface area (Å²) in [5, 5.41) is 7.51. The van der Waals surface area contributed by atoms with Crippen molar-refractivity contribution in [3.8, 4) is 0 Å². The number of amides is 2. The molecule has 0 aliphatic heterocycles. The van der Waals surface area contributed by atoms with Crippen LogP contribution in [0, 0.1) is 5.92 Å². The molecule has 0 saturated heterocycles. The van der Waals surface area contributed by atoms with Crippen molar-refractivity contribution in [1.82, 2.24) is 10.3 Å². The third-order valence-electron chi connectivity index (χ3n) is 2.74. The molecule has 1 aromatic rings. The summed E-state index contributed by atoms with van der Waals surface area (Å²) in [4.78, 5) is 27.2. The largest absolute Gasteiger partial charge is 0.344 e. The van der Waals surface area contributed by atoms with E-state index < -0.39 is 5.54 Å². The number of carbonyl (C=O) groups excluding carboxylic acids is 2. The first-order valence-corrected chi connectivity index (χ1v) is 7.39. The molecule has 1 heterocycles. The highest BCUT2D eigenvalue weighted by molar-refractivity contribution is 7.14. The van der Waals surface area contributed by atoms with Crippen LogP contribution in [-0.2, 0) is 4.79 Å². The van der Waals surface area contributed by atoms with Gasteiger partial charge in [-0.2, -0.15) is 0 Å². The van der Waals surface area contributed by atoms with Crippen molar-refractivity contribution in [3.63, 3.8) is 0 Å². The van der Waals surface area contributed by atoms with Crippen LogP contribution in [0.25, 0.3) is 0 Å². The van der Waals surface area contributed by atoms with Crippen LogP contribution < -0.4 is 16.4 Å². The zero-order valence-electron chi connectivity index (χ0n) is 12.3. The summed E-state index contributed by atoms with van der Waals surface area (Å²) < 4.78 is 0. The zero-order valence-corrected chi connectivity index (χ0v) is 13.1. The number of nitrogens with one attached hydrogen (secondary N) is 2. The zero-order chi connectivity index (χ0) is 15.3. The van der Waals surface area contributed by atoms with Gasteiger partial charge in [0.25, 0.3) is 5.91 Å². The van der Waals surface area contributed by atoms with Crippen LogP contribution in [0.3, 0.4) is 0 Å². The molecule has 0 spiro atoms. The topological polar surface area (TPSA) is 97.1 Å². The second-order valence-corrected chi connectivity index (χ2v) is 6.39. The Hall–Kier alpha value is -1.47. The van der Waals surface area contributed by atoms with Gasteiger partial charge in [0.15, 0.2) is 5.13 Å². The number of nitrogens with zero attached hydrogens (tertiary/aromatic N) is 1. The first kappa shape index (κ1) is 16.6. The number of thiazole rings is 1. The minimum atomic E-state index is -0.455. The summed E-state index contributed by atoms with van der Waals surface area (Å²) in [6, 6.07) is 0. The van der Waals surface area contributed by atoms with E-state index in [1.807, 2.05) is 6.92 Å². The Bertz CT molecular complexity index is 486. The van der Waals surface area contributed by atoms with Gasteiger partial charge in [0.1, 0.15) is 5.69 Å². The van der Waals surface area contributed by atoms with Crippen molar-refractivity contribution in [2.75, 3.05) is 11.9 Å². The molecule has 1 unspecified atom stereocenters. The molecule has 7 heteroatoms. The maximum atomic E-state index is 12.2. The lowest BCUT2D eigenvalue weighted by atomic mass is 9.90. The molecule has 6 nitrogen and oxygen atoms in total. The van der Waals surface area contributed by atoms with Crippen LogP contribution in [-0.4, -0.2) is 28.9 Å². The van der Waals surface area contributed by atoms with Crippen molar-refractivity contribution < 1.29 is 9.59 Å². The highest BCUT2D eigenvalue weighted by atomic mass is 32.1. The fraction of sp³-hybridized carbons (Fsp3) is 0.615. The number of hydrogen-bond acceptors (Lipinski definition) is 5. The quantitative estimate of drug-likeness (QED) is 0.743. The second kappa shape index (κ2) is 6.81. The van der Waals surface area contributed by atoms with E-state index in [0.29, 0.717) is 23.3 Å². The molecular weight excluding hydrogens is 276 g/mol. The molecule has 112 valence electrons. The van der Waals surface area contributed by atoms with Crippen molar-refractivity contribution in [3.05, 3.63) is 11.1 Å². The van der Waals surface area contributed by atoms with Gasteiger partial charge in [0, 0.05) is 18.8 Å². The predicted molar refractivity (Wildman–Crippen MR) is 80.8 cm³/mol. The highest BCUT2D eigenvalue weighted by Gasteiger charge is 2.27. The molecule has 2 amide bonds. The molecule has 1 aromatic heterocycles. The molecule has 0 aliphatic carbocycles. The maximum absolute atomic E-state index is 12.2. The highest BCUT2D eigenvalue weighted by Crippen LogP contribution is 2.18. The summed E-state index contributed by atoms with van der Waals surface area (Å²) >= 11 is 1.22. The average Bonchev–Trinajstić information content (AvgIpc) is 2.75. The molecule has 1 rings (SSSR count). The third-order valence-corrected chi connectivity index (χ3v) is 3.50. The molecule has 0 aliphatic rings. The molecule has 0 saturated carbocycles. The van der Waals surface area contributed by atoms with E-state index in [4.69, 9.17) is 5.73 Å². The van der Waals surface area contributed by atoms with Crippen LogP contribution in [0.1, 0.15) is 44.6 Å². The fourth-order valence-electron chi connectivity index (χ4n) is 2.01. The van der Waals surface area contributed by atoms with Gasteiger partial charge in [-0.3, -0.25) is 9.59 Å². The van der Waals surface area contributed by atoms with Gasteiger partial charge in [-0.1, -0.05) is 13.8 Å². The van der Waals surface area contributed by atoms with Crippen molar-refractivity contribution >= 4 is 28.3 Å². The van der Waals surface area contributed by atoms with Crippen molar-refractivity contribution in [1.29, 1.82) is 0 Å². The van der Waals surface area contributed by atoms with Gasteiger partial charge < -0.3 is 16.4 Å². The lowest BCUT2D eigenvalue weighted by Gasteiger charge is -2.30. The van der Waals surface area contributed by atoms with Crippen LogP contribution in [0.15, 0.2) is 5.38 Å². The molecule has 4 N–H and O–H groups in total. The van der Waals surface area contributed by atoms with Crippen LogP contribution >= 0.6 is 11.3 Å². The van der Waals surface area contributed by atoms with Crippen LogP contribution in [0.2, 0.25) is 0 Å². The molecule has 0 radical (unpaired) electrons. The van der Waals surface area contributed by atoms with E-state index in [1.54, 1.807) is 5.38 Å². The van der Waals surface area contributed by atoms with E-state index >= 15 is 0 Å². The van der Waals surface area contributed by atoms with Gasteiger partial charge in [-0.25, -0.2) is 4.98 Å². The number of anilines is 1. The minimum absolute atomic E-state index is 0.210. The molecular formula is C13H22N4O2S. The first-order chi connectivity index (χ1) is 9.25. The lowest BCUT2D eigenvalue weighted by Crippen LogP contribution is -2.52. The number of carbonyl (C=O) groups is 2. The summed E-state index contributed by atoms with van der Waals surface area (Å²) in [5.41, 5.74) is 5.60. The Morgan fingerprint density at radius 1 is 1.50 bits per heavy atom. The van der Waals surface area contributed by atoms with E-state index in [1.165, 1.54) is 18.3 Å². The van der Waals surface area contributed by atoms with E-state index in [2.05, 4.69) is 29.5 Å².